The Kier molecular flexibility index (Phi) is 6.64. The molecule has 2 aromatic heterocycles. The average molecular weight is 483 g/mol. The zero-order valence-corrected chi connectivity index (χ0v) is 20.7. The van der Waals surface area contributed by atoms with Gasteiger partial charge in [-0.15, -0.1) is 0 Å². The molecule has 188 valence electrons. The lowest BCUT2D eigenvalue weighted by molar-refractivity contribution is 0.0366. The van der Waals surface area contributed by atoms with Crippen LogP contribution in [-0.4, -0.2) is 83.5 Å². The third-order valence-corrected chi connectivity index (χ3v) is 7.33. The molecule has 0 aromatic carbocycles. The van der Waals surface area contributed by atoms with Gasteiger partial charge in [0.2, 0.25) is 5.88 Å². The normalized spacial score (nSPS) is 21.0. The van der Waals surface area contributed by atoms with Crippen molar-refractivity contribution in [3.05, 3.63) is 30.7 Å². The predicted octanol–water partition coefficient (Wildman–Crippen LogP) is 3.13. The second kappa shape index (κ2) is 9.85. The number of rotatable bonds is 6. The van der Waals surface area contributed by atoms with Gasteiger partial charge in [-0.3, -0.25) is 4.90 Å². The highest BCUT2D eigenvalue weighted by Crippen LogP contribution is 2.36. The molecule has 0 unspecified atom stereocenters. The summed E-state index contributed by atoms with van der Waals surface area (Å²) in [5.41, 5.74) is 1.19. The molecule has 0 radical (unpaired) electrons. The van der Waals surface area contributed by atoms with Gasteiger partial charge < -0.3 is 24.0 Å². The molecule has 3 fully saturated rings. The predicted molar refractivity (Wildman–Crippen MR) is 131 cm³/mol. The maximum absolute atomic E-state index is 12.6. The lowest BCUT2D eigenvalue weighted by Gasteiger charge is -2.38. The van der Waals surface area contributed by atoms with E-state index >= 15 is 0 Å². The Morgan fingerprint density at radius 2 is 1.69 bits per heavy atom. The van der Waals surface area contributed by atoms with E-state index in [1.807, 2.05) is 12.3 Å². The van der Waals surface area contributed by atoms with E-state index in [9.17, 15) is 4.79 Å². The topological polar surface area (TPSA) is 93.1 Å². The van der Waals surface area contributed by atoms with Crippen molar-refractivity contribution in [2.75, 3.05) is 49.6 Å². The number of carbonyl (C=O) groups is 1. The van der Waals surface area contributed by atoms with Crippen LogP contribution in [0.2, 0.25) is 0 Å². The van der Waals surface area contributed by atoms with Crippen LogP contribution in [0.1, 0.15) is 39.5 Å². The van der Waals surface area contributed by atoms with Gasteiger partial charge in [-0.2, -0.15) is 0 Å². The molecule has 3 aliphatic rings. The number of methoxy groups -OCH3 is 1. The molecule has 35 heavy (non-hydrogen) atoms. The summed E-state index contributed by atoms with van der Waals surface area (Å²) < 4.78 is 17.0. The number of nitrogens with zero attached hydrogens (tertiary/aromatic N) is 6. The van der Waals surface area contributed by atoms with Gasteiger partial charge in [0.1, 0.15) is 11.7 Å². The summed E-state index contributed by atoms with van der Waals surface area (Å²) >= 11 is 0. The largest absolute Gasteiger partial charge is 0.474 e. The van der Waals surface area contributed by atoms with Crippen LogP contribution in [0.15, 0.2) is 30.7 Å². The number of hydrogen-bond acceptors (Lipinski definition) is 9. The molecular formula is C25H34N6O4. The summed E-state index contributed by atoms with van der Waals surface area (Å²) in [6.07, 6.45) is 8.51. The molecule has 0 saturated carbocycles. The molecule has 2 aromatic rings. The Morgan fingerprint density at radius 3 is 2.29 bits per heavy atom. The van der Waals surface area contributed by atoms with E-state index in [0.29, 0.717) is 24.2 Å². The molecule has 3 aliphatic heterocycles. The van der Waals surface area contributed by atoms with E-state index in [4.69, 9.17) is 14.2 Å². The van der Waals surface area contributed by atoms with Crippen molar-refractivity contribution in [2.24, 2.45) is 0 Å². The van der Waals surface area contributed by atoms with Gasteiger partial charge in [0, 0.05) is 51.1 Å². The number of hydrogen-bond donors (Lipinski definition) is 0. The Hall–Kier alpha value is -3.14. The zero-order valence-electron chi connectivity index (χ0n) is 20.7. The van der Waals surface area contributed by atoms with Crippen molar-refractivity contribution < 1.29 is 19.0 Å². The van der Waals surface area contributed by atoms with Crippen LogP contribution < -0.4 is 19.3 Å². The number of ether oxygens (including phenoxy) is 3. The minimum Gasteiger partial charge on any atom is -0.474 e. The third kappa shape index (κ3) is 5.12. The van der Waals surface area contributed by atoms with Crippen LogP contribution in [-0.2, 0) is 4.74 Å². The Labute approximate surface area is 206 Å². The lowest BCUT2D eigenvalue weighted by Crippen LogP contribution is -2.47. The second-order valence-electron chi connectivity index (χ2n) is 9.85. The number of aromatic nitrogens is 3. The SMILES string of the molecule is COc1ncc(N2CC3(CCN(c4ccc(OC5CCN(C(C)C)CC5)nc4)CC3)OC2=O)cn1. The van der Waals surface area contributed by atoms with E-state index in [-0.39, 0.29) is 18.2 Å². The van der Waals surface area contributed by atoms with Crippen molar-refractivity contribution >= 4 is 17.5 Å². The van der Waals surface area contributed by atoms with Crippen LogP contribution in [0.25, 0.3) is 0 Å². The minimum atomic E-state index is -0.491. The van der Waals surface area contributed by atoms with Gasteiger partial charge in [0.05, 0.1) is 43.6 Å². The fourth-order valence-electron chi connectivity index (χ4n) is 5.12. The van der Waals surface area contributed by atoms with Gasteiger partial charge in [-0.05, 0) is 32.8 Å². The molecule has 5 rings (SSSR count). The molecule has 1 amide bonds. The Balaban J connectivity index is 1.14. The quantitative estimate of drug-likeness (QED) is 0.616. The fourth-order valence-corrected chi connectivity index (χ4v) is 5.12. The number of likely N-dealkylation sites (tertiary alicyclic amines) is 1. The van der Waals surface area contributed by atoms with E-state index in [1.54, 1.807) is 17.3 Å². The van der Waals surface area contributed by atoms with Gasteiger partial charge in [-0.25, -0.2) is 19.7 Å². The molecular weight excluding hydrogens is 448 g/mol. The van der Waals surface area contributed by atoms with Crippen molar-refractivity contribution in [1.82, 2.24) is 19.9 Å². The highest BCUT2D eigenvalue weighted by molar-refractivity contribution is 5.90. The summed E-state index contributed by atoms with van der Waals surface area (Å²) in [5, 5.41) is 0. The molecule has 0 atom stereocenters. The van der Waals surface area contributed by atoms with Gasteiger partial charge in [-0.1, -0.05) is 0 Å². The summed E-state index contributed by atoms with van der Waals surface area (Å²) in [4.78, 5) is 31.8. The van der Waals surface area contributed by atoms with Crippen LogP contribution in [0.5, 0.6) is 11.9 Å². The highest BCUT2D eigenvalue weighted by atomic mass is 16.6. The number of piperidine rings is 2. The minimum absolute atomic E-state index is 0.231. The second-order valence-corrected chi connectivity index (χ2v) is 9.85. The first kappa shape index (κ1) is 23.6. The van der Waals surface area contributed by atoms with Crippen LogP contribution in [0, 0.1) is 0 Å². The summed E-state index contributed by atoms with van der Waals surface area (Å²) in [6, 6.07) is 4.90. The molecule has 1 spiro atoms. The van der Waals surface area contributed by atoms with Crippen molar-refractivity contribution in [3.8, 4) is 11.9 Å². The molecule has 10 nitrogen and oxygen atoms in total. The first-order chi connectivity index (χ1) is 16.9. The summed E-state index contributed by atoms with van der Waals surface area (Å²) in [5.74, 6) is 0.687. The van der Waals surface area contributed by atoms with E-state index in [1.165, 1.54) is 7.11 Å². The van der Waals surface area contributed by atoms with Crippen molar-refractivity contribution in [2.45, 2.75) is 57.3 Å². The Bertz CT molecular complexity index is 1000. The maximum Gasteiger partial charge on any atom is 0.415 e. The van der Waals surface area contributed by atoms with Gasteiger partial charge in [0.15, 0.2) is 0 Å². The lowest BCUT2D eigenvalue weighted by atomic mass is 9.91. The van der Waals surface area contributed by atoms with Crippen molar-refractivity contribution in [1.29, 1.82) is 0 Å². The molecule has 0 bridgehead atoms. The first-order valence-electron chi connectivity index (χ1n) is 12.4. The molecule has 3 saturated heterocycles. The van der Waals surface area contributed by atoms with E-state index in [2.05, 4.69) is 44.7 Å². The third-order valence-electron chi connectivity index (χ3n) is 7.33. The average Bonchev–Trinajstić information content (AvgIpc) is 3.20. The standard InChI is InChI=1S/C25H34N6O4/c1-18(2)29-10-6-21(7-11-29)34-22-5-4-19(14-26-22)30-12-8-25(9-13-30)17-31(24(32)35-25)20-15-27-23(33-3)28-16-20/h4-5,14-16,18,21H,6-13,17H2,1-3H3. The monoisotopic (exact) mass is 482 g/mol. The van der Waals surface area contributed by atoms with Crippen LogP contribution in [0.3, 0.4) is 0 Å². The fraction of sp³-hybridized carbons (Fsp3) is 0.600. The zero-order chi connectivity index (χ0) is 24.4. The molecule has 0 aliphatic carbocycles. The Morgan fingerprint density at radius 1 is 1.00 bits per heavy atom. The summed E-state index contributed by atoms with van der Waals surface area (Å²) in [7, 11) is 1.51. The number of amides is 1. The smallest absolute Gasteiger partial charge is 0.415 e. The maximum atomic E-state index is 12.6. The molecule has 10 heteroatoms. The van der Waals surface area contributed by atoms with Gasteiger partial charge >= 0.3 is 12.1 Å². The number of pyridine rings is 1. The van der Waals surface area contributed by atoms with E-state index in [0.717, 1.165) is 57.5 Å². The number of carbonyl (C=O) groups excluding carboxylic acids is 1. The van der Waals surface area contributed by atoms with Crippen LogP contribution in [0.4, 0.5) is 16.2 Å². The van der Waals surface area contributed by atoms with Crippen molar-refractivity contribution in [3.63, 3.8) is 0 Å². The van der Waals surface area contributed by atoms with Gasteiger partial charge in [0.25, 0.3) is 0 Å². The molecule has 0 N–H and O–H groups in total. The van der Waals surface area contributed by atoms with E-state index < -0.39 is 5.60 Å². The van der Waals surface area contributed by atoms with Crippen LogP contribution >= 0.6 is 0 Å². The molecule has 5 heterocycles. The first-order valence-corrected chi connectivity index (χ1v) is 12.4. The number of anilines is 2. The summed E-state index contributed by atoms with van der Waals surface area (Å²) in [6.45, 7) is 8.70. The highest BCUT2D eigenvalue weighted by Gasteiger charge is 2.47.